The van der Waals surface area contributed by atoms with E-state index in [1.54, 1.807) is 0 Å². The molecule has 21 heavy (non-hydrogen) atoms. The summed E-state index contributed by atoms with van der Waals surface area (Å²) < 4.78 is 0. The third-order valence-electron chi connectivity index (χ3n) is 4.76. The lowest BCUT2D eigenvalue weighted by Gasteiger charge is -2.40. The van der Waals surface area contributed by atoms with E-state index >= 15 is 0 Å². The minimum atomic E-state index is -0.809. The Kier molecular flexibility index (Phi) is 5.37. The molecule has 1 heterocycles. The summed E-state index contributed by atoms with van der Waals surface area (Å²) in [5.41, 5.74) is 5.90. The first-order valence-corrected chi connectivity index (χ1v) is 7.89. The molecule has 1 aromatic carbocycles. The summed E-state index contributed by atoms with van der Waals surface area (Å²) in [6.07, 6.45) is 3.69. The van der Waals surface area contributed by atoms with Gasteiger partial charge in [0.25, 0.3) is 0 Å². The van der Waals surface area contributed by atoms with Crippen LogP contribution < -0.4 is 11.1 Å². The Morgan fingerprint density at radius 1 is 1.43 bits per heavy atom. The maximum Gasteiger partial charge on any atom is 0.243 e. The summed E-state index contributed by atoms with van der Waals surface area (Å²) in [6.45, 7) is 4.98. The molecular formula is C17H27N3O. The van der Waals surface area contributed by atoms with Crippen molar-refractivity contribution >= 4 is 5.91 Å². The molecule has 0 radical (unpaired) electrons. The van der Waals surface area contributed by atoms with Crippen LogP contribution in [0.2, 0.25) is 0 Å². The van der Waals surface area contributed by atoms with E-state index in [-0.39, 0.29) is 5.91 Å². The molecule has 3 N–H and O–H groups in total. The Morgan fingerprint density at radius 3 is 2.71 bits per heavy atom. The van der Waals surface area contributed by atoms with Crippen molar-refractivity contribution in [2.24, 2.45) is 11.7 Å². The number of hydrogen-bond acceptors (Lipinski definition) is 3. The van der Waals surface area contributed by atoms with Gasteiger partial charge in [-0.3, -0.25) is 4.79 Å². The Morgan fingerprint density at radius 2 is 2.14 bits per heavy atom. The van der Waals surface area contributed by atoms with E-state index in [0.717, 1.165) is 24.6 Å². The zero-order chi connectivity index (χ0) is 15.3. The van der Waals surface area contributed by atoms with Crippen LogP contribution in [-0.2, 0) is 10.3 Å². The van der Waals surface area contributed by atoms with E-state index in [1.165, 1.54) is 19.3 Å². The number of likely N-dealkylation sites (N-methyl/N-ethyl adjacent to an activating group) is 1. The largest absolute Gasteiger partial charge is 0.368 e. The third-order valence-corrected chi connectivity index (χ3v) is 4.76. The number of rotatable bonds is 6. The molecule has 2 rings (SSSR count). The highest BCUT2D eigenvalue weighted by Gasteiger charge is 2.39. The Labute approximate surface area is 127 Å². The summed E-state index contributed by atoms with van der Waals surface area (Å²) in [5.74, 6) is 0.423. The lowest BCUT2D eigenvalue weighted by Crippen LogP contribution is -2.59. The standard InChI is InChI=1S/C17H27N3O/c1-3-14-8-7-11-20(12-14)13-17(19-2,16(18)21)15-9-5-4-6-10-15/h4-6,9-10,14,19H,3,7-8,11-13H2,1-2H3,(H2,18,21). The number of primary amides is 1. The molecular weight excluding hydrogens is 262 g/mol. The molecule has 0 aliphatic carbocycles. The van der Waals surface area contributed by atoms with Crippen LogP contribution in [0.1, 0.15) is 31.7 Å². The number of nitrogens with two attached hydrogens (primary N) is 1. The Hall–Kier alpha value is -1.39. The number of benzene rings is 1. The van der Waals surface area contributed by atoms with Crippen molar-refractivity contribution < 1.29 is 4.79 Å². The normalized spacial score (nSPS) is 22.7. The smallest absolute Gasteiger partial charge is 0.243 e. The minimum Gasteiger partial charge on any atom is -0.368 e. The molecule has 116 valence electrons. The Bertz CT molecular complexity index is 462. The number of amides is 1. The molecule has 4 heteroatoms. The first-order valence-electron chi connectivity index (χ1n) is 7.89. The van der Waals surface area contributed by atoms with Crippen LogP contribution in [0.4, 0.5) is 0 Å². The van der Waals surface area contributed by atoms with Gasteiger partial charge in [-0.2, -0.15) is 0 Å². The van der Waals surface area contributed by atoms with Gasteiger partial charge >= 0.3 is 0 Å². The van der Waals surface area contributed by atoms with Crippen molar-refractivity contribution in [2.75, 3.05) is 26.7 Å². The highest BCUT2D eigenvalue weighted by Crippen LogP contribution is 2.26. The quantitative estimate of drug-likeness (QED) is 0.838. The topological polar surface area (TPSA) is 58.4 Å². The fraction of sp³-hybridized carbons (Fsp3) is 0.588. The van der Waals surface area contributed by atoms with E-state index in [2.05, 4.69) is 17.1 Å². The van der Waals surface area contributed by atoms with Gasteiger partial charge in [-0.05, 0) is 37.9 Å². The van der Waals surface area contributed by atoms with Gasteiger partial charge in [0, 0.05) is 13.1 Å². The van der Waals surface area contributed by atoms with E-state index in [9.17, 15) is 4.79 Å². The number of carbonyl (C=O) groups is 1. The van der Waals surface area contributed by atoms with Gasteiger partial charge in [0.15, 0.2) is 0 Å². The van der Waals surface area contributed by atoms with E-state index < -0.39 is 5.54 Å². The zero-order valence-corrected chi connectivity index (χ0v) is 13.1. The molecule has 0 aromatic heterocycles. The molecule has 1 aromatic rings. The summed E-state index contributed by atoms with van der Waals surface area (Å²) in [5, 5.41) is 3.20. The van der Waals surface area contributed by atoms with E-state index in [0.29, 0.717) is 6.54 Å². The second kappa shape index (κ2) is 7.05. The predicted molar refractivity (Wildman–Crippen MR) is 85.8 cm³/mol. The number of carbonyl (C=O) groups excluding carboxylic acids is 1. The van der Waals surface area contributed by atoms with Crippen LogP contribution in [0.25, 0.3) is 0 Å². The van der Waals surface area contributed by atoms with Crippen LogP contribution in [0.15, 0.2) is 30.3 Å². The minimum absolute atomic E-state index is 0.310. The monoisotopic (exact) mass is 289 g/mol. The van der Waals surface area contributed by atoms with Crippen molar-refractivity contribution in [3.05, 3.63) is 35.9 Å². The molecule has 0 bridgehead atoms. The summed E-state index contributed by atoms with van der Waals surface area (Å²) >= 11 is 0. The van der Waals surface area contributed by atoms with Gasteiger partial charge in [0.1, 0.15) is 5.54 Å². The summed E-state index contributed by atoms with van der Waals surface area (Å²) in [6, 6.07) is 9.81. The molecule has 0 spiro atoms. The van der Waals surface area contributed by atoms with Gasteiger partial charge in [-0.25, -0.2) is 0 Å². The number of piperidine rings is 1. The molecule has 4 nitrogen and oxygen atoms in total. The van der Waals surface area contributed by atoms with Crippen molar-refractivity contribution in [3.8, 4) is 0 Å². The van der Waals surface area contributed by atoms with Gasteiger partial charge in [-0.1, -0.05) is 43.7 Å². The van der Waals surface area contributed by atoms with E-state index in [4.69, 9.17) is 5.73 Å². The fourth-order valence-corrected chi connectivity index (χ4v) is 3.34. The lowest BCUT2D eigenvalue weighted by molar-refractivity contribution is -0.125. The molecule has 0 saturated carbocycles. The van der Waals surface area contributed by atoms with Crippen LogP contribution in [-0.4, -0.2) is 37.5 Å². The second-order valence-electron chi connectivity index (χ2n) is 6.04. The molecule has 1 amide bonds. The van der Waals surface area contributed by atoms with Crippen LogP contribution in [0, 0.1) is 5.92 Å². The Balaban J connectivity index is 2.23. The third kappa shape index (κ3) is 3.44. The highest BCUT2D eigenvalue weighted by atomic mass is 16.1. The number of hydrogen-bond donors (Lipinski definition) is 2. The zero-order valence-electron chi connectivity index (χ0n) is 13.1. The van der Waals surface area contributed by atoms with Crippen molar-refractivity contribution in [3.63, 3.8) is 0 Å². The number of nitrogens with zero attached hydrogens (tertiary/aromatic N) is 1. The molecule has 1 fully saturated rings. The van der Waals surface area contributed by atoms with Crippen LogP contribution >= 0.6 is 0 Å². The van der Waals surface area contributed by atoms with Crippen LogP contribution in [0.3, 0.4) is 0 Å². The average Bonchev–Trinajstić information content (AvgIpc) is 2.53. The van der Waals surface area contributed by atoms with Crippen molar-refractivity contribution in [1.82, 2.24) is 10.2 Å². The fourth-order valence-electron chi connectivity index (χ4n) is 3.34. The van der Waals surface area contributed by atoms with Crippen molar-refractivity contribution in [2.45, 2.75) is 31.7 Å². The molecule has 1 aliphatic heterocycles. The SMILES string of the molecule is CCC1CCCN(CC(NC)(C(N)=O)c2ccccc2)C1. The highest BCUT2D eigenvalue weighted by molar-refractivity contribution is 5.86. The van der Waals surface area contributed by atoms with Gasteiger partial charge < -0.3 is 16.0 Å². The summed E-state index contributed by atoms with van der Waals surface area (Å²) in [4.78, 5) is 14.6. The molecule has 1 aliphatic rings. The first-order chi connectivity index (χ1) is 10.1. The van der Waals surface area contributed by atoms with Gasteiger partial charge in [0.05, 0.1) is 0 Å². The second-order valence-corrected chi connectivity index (χ2v) is 6.04. The molecule has 2 unspecified atom stereocenters. The first kappa shape index (κ1) is 16.0. The average molecular weight is 289 g/mol. The van der Waals surface area contributed by atoms with Crippen molar-refractivity contribution in [1.29, 1.82) is 0 Å². The van der Waals surface area contributed by atoms with Crippen LogP contribution in [0.5, 0.6) is 0 Å². The van der Waals surface area contributed by atoms with E-state index in [1.807, 2.05) is 37.4 Å². The number of likely N-dealkylation sites (tertiary alicyclic amines) is 1. The maximum atomic E-state index is 12.2. The predicted octanol–water partition coefficient (Wildman–Crippen LogP) is 1.71. The maximum absolute atomic E-state index is 12.2. The lowest BCUT2D eigenvalue weighted by atomic mass is 9.86. The number of nitrogens with one attached hydrogen (secondary N) is 1. The molecule has 2 atom stereocenters. The van der Waals surface area contributed by atoms with Gasteiger partial charge in [-0.15, -0.1) is 0 Å². The molecule has 1 saturated heterocycles. The van der Waals surface area contributed by atoms with Gasteiger partial charge in [0.2, 0.25) is 5.91 Å². The summed E-state index contributed by atoms with van der Waals surface area (Å²) in [7, 11) is 1.82.